The molecule has 7 nitrogen and oxygen atoms in total. The normalized spacial score (nSPS) is 11.9. The predicted octanol–water partition coefficient (Wildman–Crippen LogP) is 3.62. The molecule has 0 fully saturated rings. The maximum atomic E-state index is 11.9. The van der Waals surface area contributed by atoms with Gasteiger partial charge in [0.25, 0.3) is 0 Å². The van der Waals surface area contributed by atoms with Crippen LogP contribution in [0.1, 0.15) is 11.4 Å². The number of rotatable bonds is 6. The Morgan fingerprint density at radius 1 is 1.25 bits per heavy atom. The Morgan fingerprint density at radius 3 is 2.68 bits per heavy atom. The first-order valence-electron chi connectivity index (χ1n) is 8.37. The van der Waals surface area contributed by atoms with Crippen molar-refractivity contribution in [1.82, 2.24) is 9.97 Å². The van der Waals surface area contributed by atoms with Crippen LogP contribution in [0.3, 0.4) is 0 Å². The van der Waals surface area contributed by atoms with Gasteiger partial charge in [-0.15, -0.1) is 0 Å². The van der Waals surface area contributed by atoms with Gasteiger partial charge in [0.1, 0.15) is 24.0 Å². The van der Waals surface area contributed by atoms with Gasteiger partial charge >= 0.3 is 5.97 Å². The summed E-state index contributed by atoms with van der Waals surface area (Å²) >= 11 is 0. The van der Waals surface area contributed by atoms with Crippen molar-refractivity contribution in [2.24, 2.45) is 0 Å². The number of esters is 1. The number of H-pyrrole nitrogens is 1. The number of hydrogen-bond acceptors (Lipinski definition) is 6. The number of hydrogen-bond donors (Lipinski definition) is 2. The number of para-hydroxylation sites is 2. The molecule has 2 N–H and O–H groups in total. The van der Waals surface area contributed by atoms with Gasteiger partial charge in [0.2, 0.25) is 0 Å². The fourth-order valence-electron chi connectivity index (χ4n) is 2.46. The molecule has 2 aromatic carbocycles. The number of aliphatic hydroxyl groups excluding tert-OH is 1. The summed E-state index contributed by atoms with van der Waals surface area (Å²) in [5, 5.41) is 19.5. The highest BCUT2D eigenvalue weighted by Gasteiger charge is 2.14. The van der Waals surface area contributed by atoms with Gasteiger partial charge in [-0.05, 0) is 35.9 Å². The number of allylic oxidation sites excluding steroid dienone is 1. The first-order chi connectivity index (χ1) is 13.6. The number of carbonyl (C=O) groups is 1. The molecule has 1 aromatic heterocycles. The Kier molecular flexibility index (Phi) is 5.72. The molecule has 0 bridgehead atoms. The van der Waals surface area contributed by atoms with Crippen molar-refractivity contribution >= 4 is 28.7 Å². The molecule has 3 rings (SSSR count). The van der Waals surface area contributed by atoms with Crippen molar-refractivity contribution in [3.05, 3.63) is 71.8 Å². The Hall–Kier alpha value is -4.05. The van der Waals surface area contributed by atoms with Crippen LogP contribution >= 0.6 is 0 Å². The molecule has 0 spiro atoms. The molecule has 28 heavy (non-hydrogen) atoms. The second-order valence-corrected chi connectivity index (χ2v) is 5.75. The first-order valence-corrected chi connectivity index (χ1v) is 8.37. The van der Waals surface area contributed by atoms with E-state index >= 15 is 0 Å². The van der Waals surface area contributed by atoms with Gasteiger partial charge in [0.05, 0.1) is 18.1 Å². The summed E-state index contributed by atoms with van der Waals surface area (Å²) < 4.78 is 10.1. The minimum atomic E-state index is -0.649. The number of ether oxygens (including phenoxy) is 2. The third-order valence-corrected chi connectivity index (χ3v) is 3.91. The molecule has 3 aromatic rings. The number of benzene rings is 2. The topological polar surface area (TPSA) is 108 Å². The zero-order chi connectivity index (χ0) is 19.9. The fourth-order valence-corrected chi connectivity index (χ4v) is 2.46. The Balaban J connectivity index is 1.66. The monoisotopic (exact) mass is 375 g/mol. The fraction of sp³-hybridized carbons (Fsp3) is 0.0952. The van der Waals surface area contributed by atoms with Gasteiger partial charge < -0.3 is 19.6 Å². The van der Waals surface area contributed by atoms with Gasteiger partial charge in [0.15, 0.2) is 11.6 Å². The molecule has 0 unspecified atom stereocenters. The minimum Gasteiger partial charge on any atom is -0.507 e. The number of aromatic nitrogens is 2. The van der Waals surface area contributed by atoms with Gasteiger partial charge in [0, 0.05) is 6.08 Å². The van der Waals surface area contributed by atoms with Crippen LogP contribution in [0.2, 0.25) is 0 Å². The van der Waals surface area contributed by atoms with Crippen molar-refractivity contribution in [3.8, 4) is 11.8 Å². The molecule has 0 aliphatic rings. The lowest BCUT2D eigenvalue weighted by Crippen LogP contribution is -2.06. The Bertz CT molecular complexity index is 1060. The lowest BCUT2D eigenvalue weighted by molar-refractivity contribution is -0.137. The van der Waals surface area contributed by atoms with Crippen LogP contribution in [-0.4, -0.2) is 34.8 Å². The number of carbonyl (C=O) groups excluding carboxylic acids is 1. The third kappa shape index (κ3) is 4.37. The van der Waals surface area contributed by atoms with Gasteiger partial charge in [-0.25, -0.2) is 9.78 Å². The summed E-state index contributed by atoms with van der Waals surface area (Å²) in [6.07, 6.45) is 2.81. The molecular formula is C21H17N3O4. The molecule has 0 saturated heterocycles. The van der Waals surface area contributed by atoms with Crippen LogP contribution in [0.4, 0.5) is 0 Å². The molecule has 0 aliphatic heterocycles. The lowest BCUT2D eigenvalue weighted by Gasteiger charge is -2.03. The molecule has 0 radical (unpaired) electrons. The number of imidazole rings is 1. The summed E-state index contributed by atoms with van der Waals surface area (Å²) in [5.41, 5.74) is 2.11. The second-order valence-electron chi connectivity index (χ2n) is 5.75. The quantitative estimate of drug-likeness (QED) is 0.295. The van der Waals surface area contributed by atoms with Gasteiger partial charge in [-0.2, -0.15) is 5.26 Å². The van der Waals surface area contributed by atoms with Crippen molar-refractivity contribution in [2.45, 2.75) is 0 Å². The average Bonchev–Trinajstić information content (AvgIpc) is 3.15. The molecular weight excluding hydrogens is 358 g/mol. The number of fused-ring (bicyclic) bond motifs is 1. The summed E-state index contributed by atoms with van der Waals surface area (Å²) in [4.78, 5) is 19.1. The summed E-state index contributed by atoms with van der Waals surface area (Å²) in [5.74, 6) is -0.104. The smallest absolute Gasteiger partial charge is 0.331 e. The third-order valence-electron chi connectivity index (χ3n) is 3.91. The Morgan fingerprint density at radius 2 is 2.00 bits per heavy atom. The standard InChI is InChI=1S/C21H17N3O4/c1-27-15-9-6-14(7-10-15)8-11-20(26)28-13-19(25)16(12-22)21-23-17-4-2-3-5-18(17)24-21/h2-11,25H,13H2,1H3,(H,23,24)/b11-8?,19-16-. The number of aromatic amines is 1. The molecule has 140 valence electrons. The highest BCUT2D eigenvalue weighted by molar-refractivity contribution is 5.87. The van der Waals surface area contributed by atoms with Crippen LogP contribution in [0.15, 0.2) is 60.4 Å². The van der Waals surface area contributed by atoms with E-state index in [1.165, 1.54) is 6.08 Å². The largest absolute Gasteiger partial charge is 0.507 e. The number of aliphatic hydroxyl groups is 1. The molecule has 7 heteroatoms. The van der Waals surface area contributed by atoms with E-state index in [2.05, 4.69) is 9.97 Å². The Labute approximate surface area is 161 Å². The molecule has 1 heterocycles. The summed E-state index contributed by atoms with van der Waals surface area (Å²) in [6, 6.07) is 16.2. The van der Waals surface area contributed by atoms with E-state index in [0.717, 1.165) is 11.1 Å². The zero-order valence-corrected chi connectivity index (χ0v) is 15.0. The highest BCUT2D eigenvalue weighted by Crippen LogP contribution is 2.19. The SMILES string of the molecule is COc1ccc(C=CC(=O)OC/C(O)=C(\C#N)c2nc3ccccc3[nH]2)cc1. The highest BCUT2D eigenvalue weighted by atomic mass is 16.5. The average molecular weight is 375 g/mol. The maximum absolute atomic E-state index is 11.9. The lowest BCUT2D eigenvalue weighted by atomic mass is 10.2. The second kappa shape index (κ2) is 8.56. The first kappa shape index (κ1) is 18.7. The van der Waals surface area contributed by atoms with Crippen LogP contribution in [0.25, 0.3) is 22.7 Å². The number of nitrogens with one attached hydrogen (secondary N) is 1. The zero-order valence-electron chi connectivity index (χ0n) is 15.0. The van der Waals surface area contributed by atoms with Crippen LogP contribution in [0, 0.1) is 11.3 Å². The van der Waals surface area contributed by atoms with Crippen LogP contribution in [-0.2, 0) is 9.53 Å². The summed E-state index contributed by atoms with van der Waals surface area (Å²) in [6.45, 7) is -0.439. The number of nitrogens with zero attached hydrogens (tertiary/aromatic N) is 2. The van der Waals surface area contributed by atoms with E-state index in [1.54, 1.807) is 43.5 Å². The van der Waals surface area contributed by atoms with E-state index in [-0.39, 0.29) is 17.2 Å². The van der Waals surface area contributed by atoms with Gasteiger partial charge in [-0.1, -0.05) is 24.3 Å². The summed E-state index contributed by atoms with van der Waals surface area (Å²) in [7, 11) is 1.57. The van der Waals surface area contributed by atoms with Crippen LogP contribution in [0.5, 0.6) is 5.75 Å². The van der Waals surface area contributed by atoms with E-state index in [0.29, 0.717) is 11.3 Å². The number of nitriles is 1. The molecule has 0 saturated carbocycles. The van der Waals surface area contributed by atoms with E-state index in [1.807, 2.05) is 24.3 Å². The maximum Gasteiger partial charge on any atom is 0.331 e. The van der Waals surface area contributed by atoms with Crippen molar-refractivity contribution in [2.75, 3.05) is 13.7 Å². The van der Waals surface area contributed by atoms with Gasteiger partial charge in [-0.3, -0.25) is 0 Å². The van der Waals surface area contributed by atoms with Crippen LogP contribution < -0.4 is 4.74 Å². The van der Waals surface area contributed by atoms with E-state index in [4.69, 9.17) is 9.47 Å². The molecule has 0 atom stereocenters. The van der Waals surface area contributed by atoms with E-state index in [9.17, 15) is 15.2 Å². The van der Waals surface area contributed by atoms with Crippen molar-refractivity contribution < 1.29 is 19.4 Å². The number of methoxy groups -OCH3 is 1. The van der Waals surface area contributed by atoms with Crippen molar-refractivity contribution in [1.29, 1.82) is 5.26 Å². The predicted molar refractivity (Wildman–Crippen MR) is 104 cm³/mol. The van der Waals surface area contributed by atoms with E-state index < -0.39 is 12.6 Å². The molecule has 0 aliphatic carbocycles. The van der Waals surface area contributed by atoms with Crippen molar-refractivity contribution in [3.63, 3.8) is 0 Å². The molecule has 0 amide bonds. The minimum absolute atomic E-state index is 0.0804.